The Labute approximate surface area is 168 Å². The lowest BCUT2D eigenvalue weighted by Gasteiger charge is -2.36. The molecule has 1 aliphatic carbocycles. The molecule has 4 rings (SSSR count). The number of rotatable bonds is 4. The van der Waals surface area contributed by atoms with E-state index in [-0.39, 0.29) is 5.41 Å². The van der Waals surface area contributed by atoms with Crippen LogP contribution in [0.2, 0.25) is 0 Å². The van der Waals surface area contributed by atoms with E-state index in [1.807, 2.05) is 13.1 Å². The average molecular weight is 429 g/mol. The topological polar surface area (TPSA) is 56.7 Å². The molecule has 0 radical (unpaired) electrons. The summed E-state index contributed by atoms with van der Waals surface area (Å²) in [4.78, 5) is 17.8. The minimum Gasteiger partial charge on any atom is -0.355 e. The molecule has 142 valence electrons. The molecular weight excluding hydrogens is 404 g/mol. The van der Waals surface area contributed by atoms with Crippen molar-refractivity contribution in [1.29, 1.82) is 0 Å². The number of hydrogen-bond donors (Lipinski definition) is 1. The van der Waals surface area contributed by atoms with E-state index in [9.17, 15) is 0 Å². The van der Waals surface area contributed by atoms with Crippen LogP contribution in [-0.4, -0.2) is 60.6 Å². The van der Waals surface area contributed by atoms with Crippen LogP contribution in [-0.2, 0) is 5.41 Å². The molecule has 0 spiro atoms. The Morgan fingerprint density at radius 3 is 2.44 bits per heavy atom. The van der Waals surface area contributed by atoms with Crippen LogP contribution in [0.15, 0.2) is 52.2 Å². The number of aliphatic imine (C=N–C) groups is 1. The minimum atomic E-state index is 0.232. The van der Waals surface area contributed by atoms with Crippen molar-refractivity contribution < 1.29 is 0 Å². The molecule has 1 aromatic heterocycles. The van der Waals surface area contributed by atoms with Gasteiger partial charge in [-0.1, -0.05) is 34.1 Å². The fourth-order valence-electron chi connectivity index (χ4n) is 3.74. The minimum absolute atomic E-state index is 0.232. The van der Waals surface area contributed by atoms with Gasteiger partial charge in [-0.05, 0) is 30.5 Å². The number of nitrogens with one attached hydrogen (secondary N) is 1. The first-order valence-corrected chi connectivity index (χ1v) is 10.2. The van der Waals surface area contributed by atoms with Crippen LogP contribution in [0, 0.1) is 0 Å². The summed E-state index contributed by atoms with van der Waals surface area (Å²) in [5, 5.41) is 3.63. The van der Waals surface area contributed by atoms with E-state index in [0.29, 0.717) is 0 Å². The highest BCUT2D eigenvalue weighted by molar-refractivity contribution is 9.10. The lowest BCUT2D eigenvalue weighted by atomic mass is 9.96. The van der Waals surface area contributed by atoms with Gasteiger partial charge in [0.2, 0.25) is 5.95 Å². The second kappa shape index (κ2) is 7.84. The molecule has 27 heavy (non-hydrogen) atoms. The van der Waals surface area contributed by atoms with Gasteiger partial charge in [0.15, 0.2) is 5.96 Å². The molecule has 2 fully saturated rings. The highest BCUT2D eigenvalue weighted by Gasteiger charge is 2.45. The molecule has 0 atom stereocenters. The Balaban J connectivity index is 1.35. The molecule has 7 heteroatoms. The van der Waals surface area contributed by atoms with Crippen molar-refractivity contribution in [3.05, 3.63) is 52.8 Å². The van der Waals surface area contributed by atoms with Gasteiger partial charge in [0.25, 0.3) is 0 Å². The number of aromatic nitrogens is 2. The Kier molecular flexibility index (Phi) is 5.29. The van der Waals surface area contributed by atoms with Crippen LogP contribution >= 0.6 is 15.9 Å². The quantitative estimate of drug-likeness (QED) is 0.599. The number of anilines is 1. The first kappa shape index (κ1) is 18.2. The summed E-state index contributed by atoms with van der Waals surface area (Å²) >= 11 is 3.72. The van der Waals surface area contributed by atoms with Gasteiger partial charge < -0.3 is 15.1 Å². The maximum absolute atomic E-state index is 4.53. The Bertz CT molecular complexity index is 797. The van der Waals surface area contributed by atoms with E-state index in [2.05, 4.69) is 70.3 Å². The third-order valence-corrected chi connectivity index (χ3v) is 6.20. The van der Waals surface area contributed by atoms with Crippen molar-refractivity contribution in [2.75, 3.05) is 44.7 Å². The van der Waals surface area contributed by atoms with E-state index in [1.165, 1.54) is 22.9 Å². The SMILES string of the molecule is CN=C(NCC1(c2ccccc2Br)CC1)N1CCN(c2ncccn2)CC1. The summed E-state index contributed by atoms with van der Waals surface area (Å²) in [6.45, 7) is 4.56. The largest absolute Gasteiger partial charge is 0.355 e. The van der Waals surface area contributed by atoms with Gasteiger partial charge in [0, 0.05) is 62.1 Å². The molecular formula is C20H25BrN6. The molecule has 1 saturated heterocycles. The maximum atomic E-state index is 4.53. The van der Waals surface area contributed by atoms with Crippen LogP contribution in [0.1, 0.15) is 18.4 Å². The number of nitrogens with zero attached hydrogens (tertiary/aromatic N) is 5. The van der Waals surface area contributed by atoms with E-state index in [0.717, 1.165) is 44.6 Å². The predicted octanol–water partition coefficient (Wildman–Crippen LogP) is 2.67. The summed E-state index contributed by atoms with van der Waals surface area (Å²) < 4.78 is 1.20. The number of hydrogen-bond acceptors (Lipinski definition) is 4. The molecule has 0 unspecified atom stereocenters. The molecule has 1 aromatic carbocycles. The highest BCUT2D eigenvalue weighted by atomic mass is 79.9. The van der Waals surface area contributed by atoms with Crippen LogP contribution in [0.3, 0.4) is 0 Å². The van der Waals surface area contributed by atoms with Crippen molar-refractivity contribution in [2.45, 2.75) is 18.3 Å². The van der Waals surface area contributed by atoms with E-state index < -0.39 is 0 Å². The van der Waals surface area contributed by atoms with E-state index in [1.54, 1.807) is 12.4 Å². The van der Waals surface area contributed by atoms with Gasteiger partial charge in [-0.2, -0.15) is 0 Å². The summed E-state index contributed by atoms with van der Waals surface area (Å²) in [7, 11) is 1.87. The van der Waals surface area contributed by atoms with Crippen LogP contribution in [0.25, 0.3) is 0 Å². The van der Waals surface area contributed by atoms with Crippen LogP contribution < -0.4 is 10.2 Å². The van der Waals surface area contributed by atoms with Gasteiger partial charge in [-0.3, -0.25) is 4.99 Å². The molecule has 1 N–H and O–H groups in total. The smallest absolute Gasteiger partial charge is 0.225 e. The third kappa shape index (κ3) is 3.93. The van der Waals surface area contributed by atoms with Crippen molar-refractivity contribution in [3.63, 3.8) is 0 Å². The molecule has 1 saturated carbocycles. The van der Waals surface area contributed by atoms with E-state index in [4.69, 9.17) is 0 Å². The molecule has 0 bridgehead atoms. The summed E-state index contributed by atoms with van der Waals surface area (Å²) in [6, 6.07) is 10.4. The average Bonchev–Trinajstić information content (AvgIpc) is 3.51. The van der Waals surface area contributed by atoms with Gasteiger partial charge in [0.05, 0.1) is 0 Å². The van der Waals surface area contributed by atoms with Crippen molar-refractivity contribution in [1.82, 2.24) is 20.2 Å². The number of guanidine groups is 1. The lowest BCUT2D eigenvalue weighted by molar-refractivity contribution is 0.368. The number of halogens is 1. The predicted molar refractivity (Wildman–Crippen MR) is 112 cm³/mol. The van der Waals surface area contributed by atoms with Gasteiger partial charge >= 0.3 is 0 Å². The molecule has 2 heterocycles. The Morgan fingerprint density at radius 1 is 1.11 bits per heavy atom. The zero-order valence-corrected chi connectivity index (χ0v) is 17.2. The molecule has 2 aromatic rings. The van der Waals surface area contributed by atoms with E-state index >= 15 is 0 Å². The maximum Gasteiger partial charge on any atom is 0.225 e. The monoisotopic (exact) mass is 428 g/mol. The standard InChI is InChI=1S/C20H25BrN6/c1-22-18(25-15-20(7-8-20)16-5-2-3-6-17(16)21)26-11-13-27(14-12-26)19-23-9-4-10-24-19/h2-6,9-10H,7-8,11-15H2,1H3,(H,22,25). The fraction of sp³-hybridized carbons (Fsp3) is 0.450. The summed E-state index contributed by atoms with van der Waals surface area (Å²) in [6.07, 6.45) is 6.04. The molecule has 2 aliphatic rings. The first-order valence-electron chi connectivity index (χ1n) is 9.44. The summed E-state index contributed by atoms with van der Waals surface area (Å²) in [5.41, 5.74) is 1.63. The Hall–Kier alpha value is -2.15. The molecule has 0 amide bonds. The normalized spacial score (nSPS) is 19.1. The summed E-state index contributed by atoms with van der Waals surface area (Å²) in [5.74, 6) is 1.80. The second-order valence-corrected chi connectivity index (χ2v) is 8.04. The zero-order chi connectivity index (χ0) is 18.7. The van der Waals surface area contributed by atoms with Crippen LogP contribution in [0.5, 0.6) is 0 Å². The van der Waals surface area contributed by atoms with Gasteiger partial charge in [-0.25, -0.2) is 9.97 Å². The lowest BCUT2D eigenvalue weighted by Crippen LogP contribution is -2.53. The van der Waals surface area contributed by atoms with Gasteiger partial charge in [0.1, 0.15) is 0 Å². The Morgan fingerprint density at radius 2 is 1.81 bits per heavy atom. The van der Waals surface area contributed by atoms with Crippen molar-refractivity contribution in [2.24, 2.45) is 4.99 Å². The molecule has 6 nitrogen and oxygen atoms in total. The zero-order valence-electron chi connectivity index (χ0n) is 15.6. The van der Waals surface area contributed by atoms with Gasteiger partial charge in [-0.15, -0.1) is 0 Å². The fourth-order valence-corrected chi connectivity index (χ4v) is 4.44. The van der Waals surface area contributed by atoms with Crippen LogP contribution in [0.4, 0.5) is 5.95 Å². The first-order chi connectivity index (χ1) is 13.2. The third-order valence-electron chi connectivity index (χ3n) is 5.51. The number of benzene rings is 1. The number of piperazine rings is 1. The van der Waals surface area contributed by atoms with Crippen molar-refractivity contribution in [3.8, 4) is 0 Å². The second-order valence-electron chi connectivity index (χ2n) is 7.18. The highest BCUT2D eigenvalue weighted by Crippen LogP contribution is 2.49. The van der Waals surface area contributed by atoms with Crippen molar-refractivity contribution >= 4 is 27.8 Å². The molecule has 1 aliphatic heterocycles.